The first-order chi connectivity index (χ1) is 11.7. The number of aryl methyl sites for hydroxylation is 3. The van der Waals surface area contributed by atoms with Gasteiger partial charge in [0.1, 0.15) is 0 Å². The Bertz CT molecular complexity index is 821. The van der Waals surface area contributed by atoms with Crippen LogP contribution in [-0.2, 0) is 26.4 Å². The topological polar surface area (TPSA) is 68.5 Å². The third-order valence-electron chi connectivity index (χ3n) is 3.79. The maximum absolute atomic E-state index is 11.9. The molecular weight excluding hydrogens is 322 g/mol. The number of aromatic nitrogens is 5. The Balaban J connectivity index is 1.51. The van der Waals surface area contributed by atoms with Crippen LogP contribution in [0.1, 0.15) is 17.5 Å². The molecule has 1 aromatic carbocycles. The smallest absolute Gasteiger partial charge is 0.276 e. The Labute approximate surface area is 144 Å². The molecule has 126 valence electrons. The van der Waals surface area contributed by atoms with Gasteiger partial charge in [0.2, 0.25) is 0 Å². The van der Waals surface area contributed by atoms with E-state index < -0.39 is 0 Å². The molecule has 0 aliphatic carbocycles. The SMILES string of the molecule is Cn1cc(CCCSc2n[nH]c(=O)n2CCc2ccccc2)cn1. The normalized spacial score (nSPS) is 11.0. The summed E-state index contributed by atoms with van der Waals surface area (Å²) in [5, 5.41) is 11.6. The number of H-pyrrole nitrogens is 1. The van der Waals surface area contributed by atoms with Crippen molar-refractivity contribution in [2.24, 2.45) is 7.05 Å². The van der Waals surface area contributed by atoms with Gasteiger partial charge in [-0.15, -0.1) is 5.10 Å². The highest BCUT2D eigenvalue weighted by molar-refractivity contribution is 7.99. The highest BCUT2D eigenvalue weighted by atomic mass is 32.2. The lowest BCUT2D eigenvalue weighted by Gasteiger charge is -2.05. The lowest BCUT2D eigenvalue weighted by Crippen LogP contribution is -2.18. The van der Waals surface area contributed by atoms with E-state index in [9.17, 15) is 4.79 Å². The standard InChI is InChI=1S/C17H21N5OS/c1-21-13-15(12-18-21)8-5-11-24-17-20-19-16(23)22(17)10-9-14-6-3-2-4-7-14/h2-4,6-7,12-13H,5,8-11H2,1H3,(H,19,23). The molecule has 0 unspecified atom stereocenters. The summed E-state index contributed by atoms with van der Waals surface area (Å²) >= 11 is 1.62. The molecule has 0 saturated heterocycles. The van der Waals surface area contributed by atoms with Gasteiger partial charge in [-0.3, -0.25) is 9.25 Å². The van der Waals surface area contributed by atoms with Gasteiger partial charge in [0, 0.05) is 25.5 Å². The average molecular weight is 343 g/mol. The van der Waals surface area contributed by atoms with Crippen LogP contribution in [0.2, 0.25) is 0 Å². The number of rotatable bonds is 8. The molecular formula is C17H21N5OS. The molecule has 1 N–H and O–H groups in total. The number of hydrogen-bond donors (Lipinski definition) is 1. The molecule has 2 aromatic heterocycles. The molecule has 0 aliphatic rings. The number of nitrogens with zero attached hydrogens (tertiary/aromatic N) is 4. The molecule has 0 radical (unpaired) electrons. The molecule has 0 fully saturated rings. The van der Waals surface area contributed by atoms with Crippen LogP contribution < -0.4 is 5.69 Å². The monoisotopic (exact) mass is 343 g/mol. The molecule has 6 nitrogen and oxygen atoms in total. The van der Waals surface area contributed by atoms with E-state index in [1.807, 2.05) is 42.3 Å². The van der Waals surface area contributed by atoms with Crippen LogP contribution in [0.5, 0.6) is 0 Å². The van der Waals surface area contributed by atoms with E-state index in [2.05, 4.69) is 27.4 Å². The van der Waals surface area contributed by atoms with Crippen LogP contribution in [0.4, 0.5) is 0 Å². The van der Waals surface area contributed by atoms with Crippen molar-refractivity contribution in [1.29, 1.82) is 0 Å². The van der Waals surface area contributed by atoms with Gasteiger partial charge in [0.15, 0.2) is 5.16 Å². The summed E-state index contributed by atoms with van der Waals surface area (Å²) in [5.41, 5.74) is 2.32. The molecule has 3 rings (SSSR count). The second-order valence-corrected chi connectivity index (χ2v) is 6.73. The summed E-state index contributed by atoms with van der Waals surface area (Å²) in [4.78, 5) is 11.9. The Morgan fingerprint density at radius 1 is 1.17 bits per heavy atom. The molecule has 3 aromatic rings. The summed E-state index contributed by atoms with van der Waals surface area (Å²) in [6.45, 7) is 0.643. The van der Waals surface area contributed by atoms with Crippen molar-refractivity contribution in [2.75, 3.05) is 5.75 Å². The van der Waals surface area contributed by atoms with Crippen LogP contribution >= 0.6 is 11.8 Å². The van der Waals surface area contributed by atoms with Crippen molar-refractivity contribution >= 4 is 11.8 Å². The highest BCUT2D eigenvalue weighted by Gasteiger charge is 2.09. The third-order valence-corrected chi connectivity index (χ3v) is 4.85. The van der Waals surface area contributed by atoms with Crippen molar-refractivity contribution in [2.45, 2.75) is 31.0 Å². The van der Waals surface area contributed by atoms with Crippen molar-refractivity contribution in [3.8, 4) is 0 Å². The van der Waals surface area contributed by atoms with Crippen molar-refractivity contribution in [3.05, 3.63) is 64.3 Å². The minimum absolute atomic E-state index is 0.138. The summed E-state index contributed by atoms with van der Waals surface area (Å²) in [6.07, 6.45) is 6.77. The zero-order valence-corrected chi connectivity index (χ0v) is 14.5. The van der Waals surface area contributed by atoms with Crippen LogP contribution in [0.3, 0.4) is 0 Å². The Kier molecular flexibility index (Phi) is 5.53. The van der Waals surface area contributed by atoms with Gasteiger partial charge in [-0.25, -0.2) is 9.89 Å². The number of nitrogens with one attached hydrogen (secondary N) is 1. The van der Waals surface area contributed by atoms with E-state index >= 15 is 0 Å². The Morgan fingerprint density at radius 2 is 2.00 bits per heavy atom. The summed E-state index contributed by atoms with van der Waals surface area (Å²) in [7, 11) is 1.92. The van der Waals surface area contributed by atoms with Crippen molar-refractivity contribution < 1.29 is 0 Å². The number of hydrogen-bond acceptors (Lipinski definition) is 4. The third kappa shape index (κ3) is 4.38. The maximum atomic E-state index is 11.9. The van der Waals surface area contributed by atoms with Crippen LogP contribution in [0.25, 0.3) is 0 Å². The van der Waals surface area contributed by atoms with Gasteiger partial charge in [0.25, 0.3) is 0 Å². The summed E-state index contributed by atoms with van der Waals surface area (Å²) < 4.78 is 3.54. The average Bonchev–Trinajstić information content (AvgIpc) is 3.16. The largest absolute Gasteiger partial charge is 0.343 e. The molecule has 0 atom stereocenters. The highest BCUT2D eigenvalue weighted by Crippen LogP contribution is 2.16. The summed E-state index contributed by atoms with van der Waals surface area (Å²) in [5.74, 6) is 0.921. The van der Waals surface area contributed by atoms with E-state index in [0.717, 1.165) is 30.2 Å². The maximum Gasteiger partial charge on any atom is 0.343 e. The van der Waals surface area contributed by atoms with Gasteiger partial charge < -0.3 is 0 Å². The molecule has 0 spiro atoms. The predicted octanol–water partition coefficient (Wildman–Crippen LogP) is 2.27. The summed E-state index contributed by atoms with van der Waals surface area (Å²) in [6, 6.07) is 10.2. The minimum Gasteiger partial charge on any atom is -0.276 e. The van der Waals surface area contributed by atoms with E-state index in [-0.39, 0.29) is 5.69 Å². The first kappa shape index (κ1) is 16.6. The quantitative estimate of drug-likeness (QED) is 0.503. The van der Waals surface area contributed by atoms with Gasteiger partial charge in [-0.2, -0.15) is 5.10 Å². The molecule has 0 aliphatic heterocycles. The van der Waals surface area contributed by atoms with E-state index in [1.54, 1.807) is 16.3 Å². The molecule has 0 bridgehead atoms. The molecule has 2 heterocycles. The van der Waals surface area contributed by atoms with Crippen LogP contribution in [-0.4, -0.2) is 30.3 Å². The zero-order valence-electron chi connectivity index (χ0n) is 13.7. The van der Waals surface area contributed by atoms with E-state index in [0.29, 0.717) is 6.54 Å². The minimum atomic E-state index is -0.138. The molecule has 24 heavy (non-hydrogen) atoms. The molecule has 0 amide bonds. The van der Waals surface area contributed by atoms with Gasteiger partial charge >= 0.3 is 5.69 Å². The lowest BCUT2D eigenvalue weighted by atomic mass is 10.1. The van der Waals surface area contributed by atoms with Crippen molar-refractivity contribution in [1.82, 2.24) is 24.5 Å². The predicted molar refractivity (Wildman–Crippen MR) is 95.2 cm³/mol. The molecule has 7 heteroatoms. The second kappa shape index (κ2) is 8.01. The van der Waals surface area contributed by atoms with Gasteiger partial charge in [-0.1, -0.05) is 42.1 Å². The Hall–Kier alpha value is -2.28. The van der Waals surface area contributed by atoms with E-state index in [1.165, 1.54) is 11.1 Å². The van der Waals surface area contributed by atoms with E-state index in [4.69, 9.17) is 0 Å². The fourth-order valence-corrected chi connectivity index (χ4v) is 3.45. The van der Waals surface area contributed by atoms with Crippen LogP contribution in [0, 0.1) is 0 Å². The zero-order chi connectivity index (χ0) is 16.8. The Morgan fingerprint density at radius 3 is 2.75 bits per heavy atom. The first-order valence-corrected chi connectivity index (χ1v) is 9.00. The number of aromatic amines is 1. The molecule has 0 saturated carbocycles. The van der Waals surface area contributed by atoms with Crippen molar-refractivity contribution in [3.63, 3.8) is 0 Å². The van der Waals surface area contributed by atoms with Crippen LogP contribution in [0.15, 0.2) is 52.7 Å². The lowest BCUT2D eigenvalue weighted by molar-refractivity contribution is 0.615. The van der Waals surface area contributed by atoms with Gasteiger partial charge in [0.05, 0.1) is 6.20 Å². The number of thioether (sulfide) groups is 1. The second-order valence-electron chi connectivity index (χ2n) is 5.67. The van der Waals surface area contributed by atoms with Gasteiger partial charge in [-0.05, 0) is 30.4 Å². The number of benzene rings is 1. The first-order valence-electron chi connectivity index (χ1n) is 8.02. The fourth-order valence-electron chi connectivity index (χ4n) is 2.54. The fraction of sp³-hybridized carbons (Fsp3) is 0.353.